The minimum absolute atomic E-state index is 0.354. The van der Waals surface area contributed by atoms with Crippen molar-refractivity contribution >= 4 is 0 Å². The van der Waals surface area contributed by atoms with Crippen LogP contribution in [0, 0.1) is 27.1 Å². The fourth-order valence-corrected chi connectivity index (χ4v) is 0.123. The van der Waals surface area contributed by atoms with E-state index in [0.29, 0.717) is 0 Å². The maximum Gasteiger partial charge on any atom is 0.294 e. The smallest absolute Gasteiger partial charge is 0.231 e. The van der Waals surface area contributed by atoms with Crippen LogP contribution in [-0.4, -0.2) is 10.2 Å². The minimum Gasteiger partial charge on any atom is -0.231 e. The van der Waals surface area contributed by atoms with Gasteiger partial charge in [0.1, 0.15) is 0 Å². The predicted molar refractivity (Wildman–Crippen MR) is 20.7 cm³/mol. The van der Waals surface area contributed by atoms with Gasteiger partial charge in [0.05, 0.1) is 5.28 Å². The fourth-order valence-electron chi connectivity index (χ4n) is 0.123. The van der Waals surface area contributed by atoms with Crippen LogP contribution in [0.1, 0.15) is 0 Å². The summed E-state index contributed by atoms with van der Waals surface area (Å²) in [6.45, 7) is 0. The van der Waals surface area contributed by atoms with E-state index < -0.39 is 5.03 Å². The number of hydrogen-bond acceptors (Lipinski definition) is 6. The molecule has 0 aliphatic rings. The third-order valence-corrected chi connectivity index (χ3v) is 0.352. The molecule has 0 saturated heterocycles. The fraction of sp³-hybridized carbons (Fsp3) is 0. The molecular weight excluding hydrogens is 130 g/mol. The van der Waals surface area contributed by atoms with E-state index in [1.165, 1.54) is 0 Å². The molecule has 0 spiro atoms. The summed E-state index contributed by atoms with van der Waals surface area (Å²) in [5.74, 6) is 0. The lowest BCUT2D eigenvalue weighted by atomic mass is 11.4. The maximum absolute atomic E-state index is 9.56. The number of nitrogens with one attached hydrogen (secondary N) is 1. The summed E-state index contributed by atoms with van der Waals surface area (Å²) in [7, 11) is 0. The first-order valence-electron chi connectivity index (χ1n) is 1.60. The summed E-state index contributed by atoms with van der Waals surface area (Å²) in [6, 6.07) is 0. The molecule has 0 amide bonds. The summed E-state index contributed by atoms with van der Waals surface area (Å²) in [5, 5.41) is 18.0. The highest BCUT2D eigenvalue weighted by Crippen LogP contribution is 1.85. The number of rotatable bonds is 3. The van der Waals surface area contributed by atoms with Gasteiger partial charge in [-0.05, 0) is 0 Å². The lowest BCUT2D eigenvalue weighted by Gasteiger charge is -1.94. The molecule has 0 radical (unpaired) electrons. The van der Waals surface area contributed by atoms with Gasteiger partial charge in [0, 0.05) is 0 Å². The molecule has 0 bridgehead atoms. The molecule has 0 aromatic carbocycles. The van der Waals surface area contributed by atoms with Gasteiger partial charge >= 0.3 is 0 Å². The zero-order chi connectivity index (χ0) is 7.28. The molecule has 0 saturated carbocycles. The van der Waals surface area contributed by atoms with Gasteiger partial charge in [0.15, 0.2) is 5.17 Å². The molecule has 0 atom stereocenters. The van der Waals surface area contributed by atoms with Crippen LogP contribution in [0.2, 0.25) is 0 Å². The number of nitro groups is 1. The largest absolute Gasteiger partial charge is 0.294 e. The van der Waals surface area contributed by atoms with E-state index in [0.717, 1.165) is 6.19 Å². The zero-order valence-electron chi connectivity index (χ0n) is 4.01. The van der Waals surface area contributed by atoms with Crippen LogP contribution in [-0.2, 0) is 4.94 Å². The predicted octanol–water partition coefficient (Wildman–Crippen LogP) is -0.161. The van der Waals surface area contributed by atoms with Crippen molar-refractivity contribution in [1.29, 1.82) is 10.8 Å². The van der Waals surface area contributed by atoms with Crippen LogP contribution >= 0.6 is 0 Å². The summed E-state index contributed by atoms with van der Waals surface area (Å²) in [6.07, 6.45) is 1.00. The molecule has 0 aliphatic heterocycles. The van der Waals surface area contributed by atoms with E-state index in [9.17, 15) is 10.1 Å². The van der Waals surface area contributed by atoms with E-state index in [-0.39, 0.29) is 5.17 Å². The average molecular weight is 131 g/mol. The first kappa shape index (κ1) is 7.09. The Kier molecular flexibility index (Phi) is 2.47. The molecule has 0 aromatic rings. The van der Waals surface area contributed by atoms with E-state index in [1.807, 2.05) is 0 Å². The van der Waals surface area contributed by atoms with E-state index in [2.05, 4.69) is 10.2 Å². The lowest BCUT2D eigenvalue weighted by Crippen LogP contribution is -2.22. The van der Waals surface area contributed by atoms with Crippen LogP contribution in [0.4, 0.5) is 0 Å². The van der Waals surface area contributed by atoms with Gasteiger partial charge in [-0.15, -0.1) is 0 Å². The molecule has 8 heteroatoms. The third-order valence-electron chi connectivity index (χ3n) is 0.352. The number of hydrazine groups is 1. The zero-order valence-corrected chi connectivity index (χ0v) is 4.01. The lowest BCUT2D eigenvalue weighted by molar-refractivity contribution is -0.714. The van der Waals surface area contributed by atoms with Crippen LogP contribution < -0.4 is 0 Å². The molecule has 0 unspecified atom stereocenters. The summed E-state index contributed by atoms with van der Waals surface area (Å²) < 4.78 is 0. The SMILES string of the molecule is N#CN(ON=N)[N+](=O)[O-]. The first-order chi connectivity index (χ1) is 4.22. The van der Waals surface area contributed by atoms with Gasteiger partial charge in [-0.25, -0.2) is 10.1 Å². The standard InChI is InChI=1S/CHN5O3/c2-1-5(6(7)8)9-4-3/h3H. The Bertz CT molecular complexity index is 158. The van der Waals surface area contributed by atoms with E-state index >= 15 is 0 Å². The van der Waals surface area contributed by atoms with Crippen LogP contribution in [0.3, 0.4) is 0 Å². The van der Waals surface area contributed by atoms with Crippen molar-refractivity contribution in [2.75, 3.05) is 0 Å². The van der Waals surface area contributed by atoms with Crippen molar-refractivity contribution < 1.29 is 9.97 Å². The van der Waals surface area contributed by atoms with Crippen LogP contribution in [0.5, 0.6) is 0 Å². The highest BCUT2D eigenvalue weighted by atomic mass is 16.9. The van der Waals surface area contributed by atoms with Crippen molar-refractivity contribution in [3.8, 4) is 6.19 Å². The van der Waals surface area contributed by atoms with E-state index in [1.54, 1.807) is 0 Å². The summed E-state index contributed by atoms with van der Waals surface area (Å²) in [5.41, 5.74) is 5.94. The number of hydroxylamine groups is 1. The van der Waals surface area contributed by atoms with Crippen molar-refractivity contribution in [2.24, 2.45) is 5.28 Å². The quantitative estimate of drug-likeness (QED) is 0.188. The second-order valence-corrected chi connectivity index (χ2v) is 0.784. The van der Waals surface area contributed by atoms with Crippen molar-refractivity contribution in [3.63, 3.8) is 0 Å². The van der Waals surface area contributed by atoms with Gasteiger partial charge in [-0.3, -0.25) is 0 Å². The van der Waals surface area contributed by atoms with Crippen molar-refractivity contribution in [1.82, 2.24) is 5.17 Å². The summed E-state index contributed by atoms with van der Waals surface area (Å²) in [4.78, 5) is 13.1. The Labute approximate surface area is 48.8 Å². The molecule has 0 fully saturated rings. The molecule has 1 N–H and O–H groups in total. The second-order valence-electron chi connectivity index (χ2n) is 0.784. The average Bonchev–Trinajstić information content (AvgIpc) is 1.82. The molecule has 0 rings (SSSR count). The molecule has 8 nitrogen and oxygen atoms in total. The van der Waals surface area contributed by atoms with Crippen LogP contribution in [0.25, 0.3) is 0 Å². The second kappa shape index (κ2) is 3.14. The van der Waals surface area contributed by atoms with Crippen molar-refractivity contribution in [3.05, 3.63) is 10.1 Å². The first-order valence-corrected chi connectivity index (χ1v) is 1.60. The Hall–Kier alpha value is -1.91. The normalized spacial score (nSPS) is 7.00. The number of hydrogen-bond donors (Lipinski definition) is 1. The highest BCUT2D eigenvalue weighted by Gasteiger charge is 2.13. The topological polar surface area (TPSA) is 116 Å². The van der Waals surface area contributed by atoms with Gasteiger partial charge < -0.3 is 0 Å². The Morgan fingerprint density at radius 3 is 2.67 bits per heavy atom. The Morgan fingerprint density at radius 2 is 2.56 bits per heavy atom. The van der Waals surface area contributed by atoms with E-state index in [4.69, 9.17) is 10.8 Å². The van der Waals surface area contributed by atoms with Crippen molar-refractivity contribution in [2.45, 2.75) is 0 Å². The number of nitrogens with zero attached hydrogens (tertiary/aromatic N) is 4. The molecule has 0 aliphatic carbocycles. The molecule has 9 heavy (non-hydrogen) atoms. The highest BCUT2D eigenvalue weighted by molar-refractivity contribution is 4.51. The molecular formula is CHN5O3. The Balaban J connectivity index is 3.86. The molecule has 0 aromatic heterocycles. The minimum atomic E-state index is -1.15. The number of nitriles is 1. The Morgan fingerprint density at radius 1 is 2.00 bits per heavy atom. The summed E-state index contributed by atoms with van der Waals surface area (Å²) >= 11 is 0. The maximum atomic E-state index is 9.56. The molecule has 48 valence electrons. The van der Waals surface area contributed by atoms with Gasteiger partial charge in [-0.2, -0.15) is 15.7 Å². The van der Waals surface area contributed by atoms with Gasteiger partial charge in [0.25, 0.3) is 6.19 Å². The van der Waals surface area contributed by atoms with Gasteiger partial charge in [-0.1, -0.05) is 0 Å². The third kappa shape index (κ3) is 2.03. The van der Waals surface area contributed by atoms with Gasteiger partial charge in [0.2, 0.25) is 5.03 Å². The molecule has 0 heterocycles. The van der Waals surface area contributed by atoms with Crippen LogP contribution in [0.15, 0.2) is 5.28 Å². The monoisotopic (exact) mass is 131 g/mol.